The summed E-state index contributed by atoms with van der Waals surface area (Å²) in [5, 5.41) is 3.44. The first-order valence-electron chi connectivity index (χ1n) is 6.37. The van der Waals surface area contributed by atoms with E-state index in [1.165, 1.54) is 12.8 Å². The second-order valence-electron chi connectivity index (χ2n) is 4.75. The molecule has 19 heavy (non-hydrogen) atoms. The molecular formula is C14H16BrN3O. The molecule has 1 aromatic heterocycles. The van der Waals surface area contributed by atoms with Gasteiger partial charge in [0, 0.05) is 11.6 Å². The highest BCUT2D eigenvalue weighted by Crippen LogP contribution is 2.29. The summed E-state index contributed by atoms with van der Waals surface area (Å²) in [6.45, 7) is 0.808. The largest absolute Gasteiger partial charge is 0.496 e. The Kier molecular flexibility index (Phi) is 3.57. The van der Waals surface area contributed by atoms with Crippen molar-refractivity contribution in [1.29, 1.82) is 0 Å². The fourth-order valence-corrected chi connectivity index (χ4v) is 2.50. The lowest BCUT2D eigenvalue weighted by Gasteiger charge is -2.04. The number of ether oxygens (including phenoxy) is 1. The average Bonchev–Trinajstić information content (AvgIpc) is 3.13. The predicted molar refractivity (Wildman–Crippen MR) is 78.1 cm³/mol. The van der Waals surface area contributed by atoms with E-state index in [1.807, 2.05) is 24.4 Å². The van der Waals surface area contributed by atoms with Gasteiger partial charge in [0.05, 0.1) is 30.0 Å². The van der Waals surface area contributed by atoms with Crippen LogP contribution in [0.4, 0.5) is 0 Å². The van der Waals surface area contributed by atoms with Crippen molar-refractivity contribution in [2.24, 2.45) is 0 Å². The van der Waals surface area contributed by atoms with E-state index < -0.39 is 0 Å². The van der Waals surface area contributed by atoms with Gasteiger partial charge in [-0.05, 0) is 47.0 Å². The number of halogens is 1. The first-order valence-corrected chi connectivity index (χ1v) is 7.17. The maximum absolute atomic E-state index is 5.23. The van der Waals surface area contributed by atoms with E-state index in [9.17, 15) is 0 Å². The molecule has 5 heteroatoms. The van der Waals surface area contributed by atoms with Crippen LogP contribution in [0, 0.1) is 0 Å². The summed E-state index contributed by atoms with van der Waals surface area (Å²) >= 11 is 3.50. The fraction of sp³-hybridized carbons (Fsp3) is 0.357. The molecule has 4 nitrogen and oxygen atoms in total. The standard InChI is InChI=1S/C14H16BrN3O/c1-19-13-5-2-9(6-11(13)15)12-7-17-14(18-12)8-16-10-3-4-10/h2,5-7,10,16H,3-4,8H2,1H3,(H,17,18). The van der Waals surface area contributed by atoms with Crippen molar-refractivity contribution in [3.8, 4) is 17.0 Å². The lowest BCUT2D eigenvalue weighted by Crippen LogP contribution is -2.16. The molecule has 1 aliphatic rings. The molecule has 0 bridgehead atoms. The van der Waals surface area contributed by atoms with Crippen LogP contribution in [0.25, 0.3) is 11.3 Å². The number of aromatic nitrogens is 2. The normalized spacial score (nSPS) is 14.6. The molecule has 0 spiro atoms. The van der Waals surface area contributed by atoms with Gasteiger partial charge in [-0.3, -0.25) is 0 Å². The van der Waals surface area contributed by atoms with Crippen molar-refractivity contribution in [3.63, 3.8) is 0 Å². The van der Waals surface area contributed by atoms with Crippen LogP contribution in [-0.4, -0.2) is 23.1 Å². The molecular weight excluding hydrogens is 306 g/mol. The minimum Gasteiger partial charge on any atom is -0.496 e. The van der Waals surface area contributed by atoms with Crippen LogP contribution in [0.1, 0.15) is 18.7 Å². The summed E-state index contributed by atoms with van der Waals surface area (Å²) < 4.78 is 6.17. The second-order valence-corrected chi connectivity index (χ2v) is 5.60. The smallest absolute Gasteiger partial charge is 0.133 e. The molecule has 3 rings (SSSR count). The first-order chi connectivity index (χ1) is 9.26. The third-order valence-corrected chi connectivity index (χ3v) is 3.85. The Labute approximate surface area is 120 Å². The summed E-state index contributed by atoms with van der Waals surface area (Å²) in [5.74, 6) is 1.81. The highest BCUT2D eigenvalue weighted by Gasteiger charge is 2.20. The maximum atomic E-state index is 5.23. The number of H-pyrrole nitrogens is 1. The van der Waals surface area contributed by atoms with Gasteiger partial charge in [-0.15, -0.1) is 0 Å². The van der Waals surface area contributed by atoms with Gasteiger partial charge >= 0.3 is 0 Å². The van der Waals surface area contributed by atoms with Crippen LogP contribution in [0.15, 0.2) is 28.9 Å². The number of benzene rings is 1. The summed E-state index contributed by atoms with van der Waals surface area (Å²) in [6, 6.07) is 6.70. The molecule has 0 saturated heterocycles. The zero-order chi connectivity index (χ0) is 13.2. The van der Waals surface area contributed by atoms with Crippen LogP contribution in [0.3, 0.4) is 0 Å². The number of imidazole rings is 1. The first kappa shape index (κ1) is 12.7. The van der Waals surface area contributed by atoms with Gasteiger partial charge in [0.15, 0.2) is 0 Å². The third-order valence-electron chi connectivity index (χ3n) is 3.23. The Morgan fingerprint density at radius 1 is 1.47 bits per heavy atom. The lowest BCUT2D eigenvalue weighted by atomic mass is 10.2. The van der Waals surface area contributed by atoms with E-state index >= 15 is 0 Å². The van der Waals surface area contributed by atoms with Crippen molar-refractivity contribution < 1.29 is 4.74 Å². The molecule has 1 saturated carbocycles. The zero-order valence-corrected chi connectivity index (χ0v) is 12.3. The summed E-state index contributed by atoms with van der Waals surface area (Å²) in [7, 11) is 1.66. The molecule has 100 valence electrons. The molecule has 0 radical (unpaired) electrons. The maximum Gasteiger partial charge on any atom is 0.133 e. The Balaban J connectivity index is 1.75. The van der Waals surface area contributed by atoms with Crippen LogP contribution < -0.4 is 10.1 Å². The van der Waals surface area contributed by atoms with Crippen LogP contribution in [0.5, 0.6) is 5.75 Å². The number of hydrogen-bond acceptors (Lipinski definition) is 3. The van der Waals surface area contributed by atoms with E-state index in [2.05, 4.69) is 31.2 Å². The number of hydrogen-bond donors (Lipinski definition) is 2. The molecule has 1 heterocycles. The Bertz CT molecular complexity index is 578. The quantitative estimate of drug-likeness (QED) is 0.889. The van der Waals surface area contributed by atoms with E-state index in [-0.39, 0.29) is 0 Å². The summed E-state index contributed by atoms with van der Waals surface area (Å²) in [4.78, 5) is 7.74. The summed E-state index contributed by atoms with van der Waals surface area (Å²) in [6.07, 6.45) is 4.45. The minimum atomic E-state index is 0.698. The predicted octanol–water partition coefficient (Wildman–Crippen LogP) is 3.10. The molecule has 1 aromatic carbocycles. The van der Waals surface area contributed by atoms with Crippen molar-refractivity contribution in [2.45, 2.75) is 25.4 Å². The SMILES string of the molecule is COc1ccc(-c2cnc(CNC3CC3)[nH]2)cc1Br. The molecule has 0 aliphatic heterocycles. The Morgan fingerprint density at radius 2 is 2.32 bits per heavy atom. The molecule has 0 unspecified atom stereocenters. The number of nitrogens with one attached hydrogen (secondary N) is 2. The van der Waals surface area contributed by atoms with Crippen LogP contribution in [0.2, 0.25) is 0 Å². The van der Waals surface area contributed by atoms with E-state index in [4.69, 9.17) is 4.74 Å². The van der Waals surface area contributed by atoms with E-state index in [0.29, 0.717) is 6.04 Å². The molecule has 2 N–H and O–H groups in total. The van der Waals surface area contributed by atoms with Gasteiger partial charge in [-0.25, -0.2) is 4.98 Å². The van der Waals surface area contributed by atoms with E-state index in [1.54, 1.807) is 7.11 Å². The Hall–Kier alpha value is -1.33. The van der Waals surface area contributed by atoms with Gasteiger partial charge in [-0.2, -0.15) is 0 Å². The van der Waals surface area contributed by atoms with Crippen molar-refractivity contribution in [2.75, 3.05) is 7.11 Å². The van der Waals surface area contributed by atoms with Crippen molar-refractivity contribution >= 4 is 15.9 Å². The van der Waals surface area contributed by atoms with Crippen LogP contribution in [-0.2, 0) is 6.54 Å². The monoisotopic (exact) mass is 321 g/mol. The molecule has 1 fully saturated rings. The molecule has 0 amide bonds. The number of nitrogens with zero attached hydrogens (tertiary/aromatic N) is 1. The van der Waals surface area contributed by atoms with Crippen molar-refractivity contribution in [3.05, 3.63) is 34.7 Å². The third kappa shape index (κ3) is 2.98. The van der Waals surface area contributed by atoms with Gasteiger partial charge in [0.2, 0.25) is 0 Å². The summed E-state index contributed by atoms with van der Waals surface area (Å²) in [5.41, 5.74) is 2.12. The van der Waals surface area contributed by atoms with Gasteiger partial charge in [0.25, 0.3) is 0 Å². The zero-order valence-electron chi connectivity index (χ0n) is 10.7. The fourth-order valence-electron chi connectivity index (χ4n) is 1.96. The second kappa shape index (κ2) is 5.35. The number of methoxy groups -OCH3 is 1. The molecule has 1 aliphatic carbocycles. The number of aromatic amines is 1. The van der Waals surface area contributed by atoms with Gasteiger partial charge in [-0.1, -0.05) is 0 Å². The molecule has 2 aromatic rings. The highest BCUT2D eigenvalue weighted by molar-refractivity contribution is 9.10. The minimum absolute atomic E-state index is 0.698. The van der Waals surface area contributed by atoms with E-state index in [0.717, 1.165) is 33.8 Å². The highest BCUT2D eigenvalue weighted by atomic mass is 79.9. The topological polar surface area (TPSA) is 49.9 Å². The van der Waals surface area contributed by atoms with Gasteiger partial charge in [0.1, 0.15) is 11.6 Å². The average molecular weight is 322 g/mol. The number of rotatable bonds is 5. The lowest BCUT2D eigenvalue weighted by molar-refractivity contribution is 0.412. The van der Waals surface area contributed by atoms with Crippen molar-refractivity contribution in [1.82, 2.24) is 15.3 Å². The Morgan fingerprint density at radius 3 is 3.00 bits per heavy atom. The van der Waals surface area contributed by atoms with Gasteiger partial charge < -0.3 is 15.0 Å². The molecule has 0 atom stereocenters. The van der Waals surface area contributed by atoms with Crippen LogP contribution >= 0.6 is 15.9 Å².